The van der Waals surface area contributed by atoms with Crippen LogP contribution in [0.25, 0.3) is 0 Å². The summed E-state index contributed by atoms with van der Waals surface area (Å²) in [5.41, 5.74) is 0. The van der Waals surface area contributed by atoms with E-state index in [1.165, 1.54) is 0 Å². The SMILES string of the molecule is C[Si](C)(C)N(N([Si](C)(C)C)[Si](C)(C)C)C(Br)(Br)N(N([Si](C)(C)C)[Si](C)(C)C)[Si](C)(C)C. The molecule has 0 aliphatic carbocycles. The first-order chi connectivity index (χ1) is 13.0. The van der Waals surface area contributed by atoms with Crippen molar-refractivity contribution in [3.63, 3.8) is 0 Å². The van der Waals surface area contributed by atoms with E-state index in [-0.39, 0.29) is 0 Å². The van der Waals surface area contributed by atoms with Crippen LogP contribution in [0.4, 0.5) is 0 Å². The highest BCUT2D eigenvalue weighted by atomic mass is 79.9. The molecule has 0 heterocycles. The van der Waals surface area contributed by atoms with Crippen LogP contribution < -0.4 is 0 Å². The highest BCUT2D eigenvalue weighted by Gasteiger charge is 2.58. The summed E-state index contributed by atoms with van der Waals surface area (Å²) in [7, 11) is -10.2. The van der Waals surface area contributed by atoms with Crippen molar-refractivity contribution >= 4 is 81.3 Å². The normalized spacial score (nSPS) is 16.3. The molecule has 0 spiro atoms. The zero-order valence-corrected chi connectivity index (χ0v) is 33.2. The van der Waals surface area contributed by atoms with Gasteiger partial charge >= 0.3 is 0 Å². The van der Waals surface area contributed by atoms with E-state index in [4.69, 9.17) is 0 Å². The molecule has 0 rings (SSSR count). The van der Waals surface area contributed by atoms with E-state index >= 15 is 0 Å². The van der Waals surface area contributed by atoms with E-state index in [9.17, 15) is 0 Å². The third-order valence-electron chi connectivity index (χ3n) is 4.72. The summed E-state index contributed by atoms with van der Waals surface area (Å²) in [6.07, 6.45) is 0. The second-order valence-corrected chi connectivity index (χ2v) is 47.5. The van der Waals surface area contributed by atoms with Crippen LogP contribution in [0.15, 0.2) is 0 Å². The molecule has 0 unspecified atom stereocenters. The number of hydrogen-bond acceptors (Lipinski definition) is 4. The lowest BCUT2D eigenvalue weighted by atomic mass is 11.2. The van der Waals surface area contributed by atoms with Gasteiger partial charge in [0.25, 0.3) is 0 Å². The maximum atomic E-state index is 4.40. The average molecular weight is 667 g/mol. The van der Waals surface area contributed by atoms with Crippen molar-refractivity contribution < 1.29 is 0 Å². The first-order valence-electron chi connectivity index (χ1n) is 11.6. The van der Waals surface area contributed by atoms with Crippen molar-refractivity contribution in [2.24, 2.45) is 0 Å². The maximum absolute atomic E-state index is 4.40. The standard InChI is InChI=1S/C19H54Br2N4Si6/c1-26(2,3)22(24(28(7,8)9)29(10,11)12)19(20,21)23(27(4,5)6)25(30(13,14)15)31(16,17)18/h1-18H3. The highest BCUT2D eigenvalue weighted by Crippen LogP contribution is 2.47. The van der Waals surface area contributed by atoms with Crippen molar-refractivity contribution in [2.75, 3.05) is 0 Å². The van der Waals surface area contributed by atoms with Gasteiger partial charge in [-0.15, -0.1) is 0 Å². The van der Waals surface area contributed by atoms with Gasteiger partial charge in [-0.05, 0) is 31.9 Å². The third kappa shape index (κ3) is 8.62. The molecule has 0 aromatic rings. The molecule has 188 valence electrons. The van der Waals surface area contributed by atoms with E-state index in [0.717, 1.165) is 0 Å². The molecular weight excluding hydrogens is 613 g/mol. The Morgan fingerprint density at radius 3 is 0.613 bits per heavy atom. The number of rotatable bonds is 10. The third-order valence-corrected chi connectivity index (χ3v) is 25.7. The molecule has 0 N–H and O–H groups in total. The second-order valence-electron chi connectivity index (χ2n) is 14.8. The van der Waals surface area contributed by atoms with Gasteiger partial charge in [-0.2, -0.15) is 0 Å². The topological polar surface area (TPSA) is 13.0 Å². The van der Waals surface area contributed by atoms with Crippen LogP contribution in [0, 0.1) is 0 Å². The summed E-state index contributed by atoms with van der Waals surface area (Å²) in [5, 5.41) is 0. The Labute approximate surface area is 219 Å². The number of nitrogens with zero attached hydrogens (tertiary/aromatic N) is 4. The van der Waals surface area contributed by atoms with Gasteiger partial charge in [-0.1, -0.05) is 118 Å². The number of hydrogen-bond donors (Lipinski definition) is 0. The molecule has 0 fully saturated rings. The largest absolute Gasteiger partial charge is 0.287 e. The van der Waals surface area contributed by atoms with Crippen molar-refractivity contribution in [1.29, 1.82) is 0 Å². The zero-order valence-electron chi connectivity index (χ0n) is 24.0. The van der Waals surface area contributed by atoms with Gasteiger partial charge < -0.3 is 0 Å². The average Bonchev–Trinajstić information content (AvgIpc) is 2.32. The molecule has 0 radical (unpaired) electrons. The lowest BCUT2D eigenvalue weighted by molar-refractivity contribution is 0.0589. The summed E-state index contributed by atoms with van der Waals surface area (Å²) in [6.45, 7) is 45.2. The monoisotopic (exact) mass is 664 g/mol. The van der Waals surface area contributed by atoms with Crippen molar-refractivity contribution in [3.8, 4) is 0 Å². The Hall–Kier alpha value is 2.10. The molecule has 0 aliphatic heterocycles. The summed E-state index contributed by atoms with van der Waals surface area (Å²) in [6, 6.07) is 0. The molecule has 0 aromatic heterocycles. The van der Waals surface area contributed by atoms with Gasteiger partial charge in [0.1, 0.15) is 49.4 Å². The maximum Gasteiger partial charge on any atom is 0.199 e. The van der Waals surface area contributed by atoms with Gasteiger partial charge in [0.2, 0.25) is 0 Å². The summed E-state index contributed by atoms with van der Waals surface area (Å²) < 4.78 is 11.1. The molecule has 31 heavy (non-hydrogen) atoms. The molecule has 0 saturated carbocycles. The van der Waals surface area contributed by atoms with Crippen LogP contribution in [0.5, 0.6) is 0 Å². The Kier molecular flexibility index (Phi) is 10.5. The second kappa shape index (κ2) is 9.87. The smallest absolute Gasteiger partial charge is 0.199 e. The molecule has 0 saturated heterocycles. The molecule has 0 amide bonds. The Bertz CT molecular complexity index is 528. The lowest BCUT2D eigenvalue weighted by Gasteiger charge is -2.66. The quantitative estimate of drug-likeness (QED) is 0.0763. The first-order valence-corrected chi connectivity index (χ1v) is 33.8. The predicted molar refractivity (Wildman–Crippen MR) is 168 cm³/mol. The van der Waals surface area contributed by atoms with E-state index in [0.29, 0.717) is 0 Å². The predicted octanol–water partition coefficient (Wildman–Crippen LogP) is 8.43. The number of alkyl halides is 2. The van der Waals surface area contributed by atoms with Crippen LogP contribution in [0.2, 0.25) is 118 Å². The summed E-state index contributed by atoms with van der Waals surface area (Å²) in [5.74, 6) is 0. The molecular formula is C19H54Br2N4Si6. The highest BCUT2D eigenvalue weighted by molar-refractivity contribution is 9.25. The molecule has 0 aromatic carbocycles. The van der Waals surface area contributed by atoms with Crippen molar-refractivity contribution in [1.82, 2.24) is 18.0 Å². The molecule has 12 heteroatoms. The molecule has 0 aliphatic rings. The fourth-order valence-electron chi connectivity index (χ4n) is 4.95. The summed E-state index contributed by atoms with van der Waals surface area (Å²) >= 11 is 8.80. The van der Waals surface area contributed by atoms with Crippen LogP contribution in [0.1, 0.15) is 0 Å². The van der Waals surface area contributed by atoms with Crippen LogP contribution in [-0.4, -0.2) is 70.9 Å². The van der Waals surface area contributed by atoms with E-state index in [1.54, 1.807) is 0 Å². The molecule has 0 atom stereocenters. The molecule has 0 bridgehead atoms. The van der Waals surface area contributed by atoms with Gasteiger partial charge in [0, 0.05) is 0 Å². The first kappa shape index (κ1) is 33.1. The van der Waals surface area contributed by atoms with Crippen LogP contribution in [-0.2, 0) is 0 Å². The van der Waals surface area contributed by atoms with E-state index < -0.39 is 52.9 Å². The Balaban J connectivity index is 7.35. The fourth-order valence-corrected chi connectivity index (χ4v) is 42.5. The summed E-state index contributed by atoms with van der Waals surface area (Å²) in [4.78, 5) is 0. The lowest BCUT2D eigenvalue weighted by Crippen LogP contribution is -2.83. The van der Waals surface area contributed by atoms with E-state index in [1.807, 2.05) is 0 Å². The van der Waals surface area contributed by atoms with Gasteiger partial charge in [-0.3, -0.25) is 8.68 Å². The van der Waals surface area contributed by atoms with Gasteiger partial charge in [0.05, 0.1) is 0 Å². The zero-order chi connectivity index (χ0) is 25.8. The number of halogens is 2. The molecule has 4 nitrogen and oxygen atoms in total. The Morgan fingerprint density at radius 1 is 0.355 bits per heavy atom. The minimum Gasteiger partial charge on any atom is -0.287 e. The fraction of sp³-hybridized carbons (Fsp3) is 1.00. The van der Waals surface area contributed by atoms with Crippen molar-refractivity contribution in [3.05, 3.63) is 0 Å². The number of hydrazine groups is 2. The van der Waals surface area contributed by atoms with Crippen molar-refractivity contribution in [2.45, 2.75) is 121 Å². The van der Waals surface area contributed by atoms with Crippen LogP contribution >= 0.6 is 31.9 Å². The minimum absolute atomic E-state index is 0.421. The minimum atomic E-state index is -1.79. The van der Waals surface area contributed by atoms with Gasteiger partial charge in [0.15, 0.2) is 3.48 Å². The van der Waals surface area contributed by atoms with Gasteiger partial charge in [-0.25, -0.2) is 9.35 Å². The van der Waals surface area contributed by atoms with E-state index in [2.05, 4.69) is 168 Å². The Morgan fingerprint density at radius 2 is 0.516 bits per heavy atom. The van der Waals surface area contributed by atoms with Crippen LogP contribution in [0.3, 0.4) is 0 Å².